The lowest BCUT2D eigenvalue weighted by Crippen LogP contribution is -2.44. The SMILES string of the molecule is Cc1ccccc1CC(=O)NNC(=S)Nc1ccc(Cl)cc1. The minimum absolute atomic E-state index is 0.158. The highest BCUT2D eigenvalue weighted by Gasteiger charge is 2.06. The summed E-state index contributed by atoms with van der Waals surface area (Å²) in [6, 6.07) is 14.9. The Kier molecular flexibility index (Phi) is 5.75. The fourth-order valence-corrected chi connectivity index (χ4v) is 2.14. The first kappa shape index (κ1) is 16.3. The first-order valence-electron chi connectivity index (χ1n) is 6.70. The van der Waals surface area contributed by atoms with Crippen LogP contribution in [0.15, 0.2) is 48.5 Å². The second-order valence-corrected chi connectivity index (χ2v) is 5.58. The Morgan fingerprint density at radius 1 is 1.09 bits per heavy atom. The number of carbonyl (C=O) groups excluding carboxylic acids is 1. The molecule has 2 aromatic carbocycles. The molecule has 0 aromatic heterocycles. The van der Waals surface area contributed by atoms with Crippen LogP contribution in [0.5, 0.6) is 0 Å². The number of hydrogen-bond acceptors (Lipinski definition) is 2. The molecule has 0 saturated carbocycles. The maximum absolute atomic E-state index is 11.9. The largest absolute Gasteiger partial charge is 0.331 e. The van der Waals surface area contributed by atoms with Crippen molar-refractivity contribution in [1.29, 1.82) is 0 Å². The summed E-state index contributed by atoms with van der Waals surface area (Å²) in [6.07, 6.45) is 0.295. The first-order chi connectivity index (χ1) is 10.5. The number of hydrazine groups is 1. The van der Waals surface area contributed by atoms with Crippen LogP contribution < -0.4 is 16.2 Å². The molecule has 0 atom stereocenters. The van der Waals surface area contributed by atoms with Gasteiger partial charge in [0.25, 0.3) is 0 Å². The van der Waals surface area contributed by atoms with Gasteiger partial charge in [0, 0.05) is 10.7 Å². The van der Waals surface area contributed by atoms with Crippen molar-refractivity contribution >= 4 is 40.5 Å². The number of aryl methyl sites for hydroxylation is 1. The molecule has 1 amide bonds. The van der Waals surface area contributed by atoms with Crippen molar-refractivity contribution in [2.24, 2.45) is 0 Å². The number of anilines is 1. The number of amides is 1. The Morgan fingerprint density at radius 2 is 1.77 bits per heavy atom. The molecule has 0 aliphatic carbocycles. The van der Waals surface area contributed by atoms with Gasteiger partial charge < -0.3 is 5.32 Å². The molecule has 0 radical (unpaired) electrons. The van der Waals surface area contributed by atoms with Crippen molar-refractivity contribution in [3.05, 3.63) is 64.7 Å². The maximum Gasteiger partial charge on any atom is 0.242 e. The van der Waals surface area contributed by atoms with Gasteiger partial charge in [0.15, 0.2) is 5.11 Å². The topological polar surface area (TPSA) is 53.2 Å². The van der Waals surface area contributed by atoms with E-state index in [2.05, 4.69) is 16.2 Å². The predicted octanol–water partition coefficient (Wildman–Crippen LogP) is 3.21. The van der Waals surface area contributed by atoms with Crippen LogP contribution in [-0.2, 0) is 11.2 Å². The highest BCUT2D eigenvalue weighted by Crippen LogP contribution is 2.13. The number of benzene rings is 2. The Hall–Kier alpha value is -2.11. The summed E-state index contributed by atoms with van der Waals surface area (Å²) in [7, 11) is 0. The minimum Gasteiger partial charge on any atom is -0.331 e. The van der Waals surface area contributed by atoms with Crippen molar-refractivity contribution in [1.82, 2.24) is 10.9 Å². The molecule has 0 heterocycles. The van der Waals surface area contributed by atoms with Crippen molar-refractivity contribution in [3.8, 4) is 0 Å². The van der Waals surface area contributed by atoms with Crippen molar-refractivity contribution in [3.63, 3.8) is 0 Å². The fraction of sp³-hybridized carbons (Fsp3) is 0.125. The standard InChI is InChI=1S/C16H16ClN3OS/c1-11-4-2-3-5-12(11)10-15(21)19-20-16(22)18-14-8-6-13(17)7-9-14/h2-9H,10H2,1H3,(H,19,21)(H2,18,20,22). The molecule has 0 aliphatic rings. The van der Waals surface area contributed by atoms with Gasteiger partial charge in [-0.2, -0.15) is 0 Å². The zero-order valence-corrected chi connectivity index (χ0v) is 13.6. The van der Waals surface area contributed by atoms with E-state index in [0.717, 1.165) is 16.8 Å². The fourth-order valence-electron chi connectivity index (χ4n) is 1.85. The van der Waals surface area contributed by atoms with Crippen LogP contribution in [0, 0.1) is 6.92 Å². The van der Waals surface area contributed by atoms with E-state index in [1.807, 2.05) is 31.2 Å². The van der Waals surface area contributed by atoms with E-state index in [9.17, 15) is 4.79 Å². The molecule has 22 heavy (non-hydrogen) atoms. The van der Waals surface area contributed by atoms with Gasteiger partial charge in [-0.25, -0.2) is 0 Å². The average Bonchev–Trinajstić information content (AvgIpc) is 2.50. The van der Waals surface area contributed by atoms with Crippen LogP contribution in [0.2, 0.25) is 5.02 Å². The Bertz CT molecular complexity index is 673. The quantitative estimate of drug-likeness (QED) is 0.596. The number of nitrogens with one attached hydrogen (secondary N) is 3. The lowest BCUT2D eigenvalue weighted by Gasteiger charge is -2.12. The third-order valence-corrected chi connectivity index (χ3v) is 3.49. The van der Waals surface area contributed by atoms with Gasteiger partial charge >= 0.3 is 0 Å². The zero-order chi connectivity index (χ0) is 15.9. The van der Waals surface area contributed by atoms with Gasteiger partial charge in [0.2, 0.25) is 5.91 Å². The zero-order valence-electron chi connectivity index (χ0n) is 12.0. The summed E-state index contributed by atoms with van der Waals surface area (Å²) >= 11 is 10.9. The summed E-state index contributed by atoms with van der Waals surface area (Å²) < 4.78 is 0. The van der Waals surface area contributed by atoms with Gasteiger partial charge in [0.05, 0.1) is 6.42 Å². The van der Waals surface area contributed by atoms with Crippen LogP contribution in [-0.4, -0.2) is 11.0 Å². The maximum atomic E-state index is 11.9. The number of carbonyl (C=O) groups is 1. The molecule has 0 spiro atoms. The van der Waals surface area contributed by atoms with E-state index in [1.165, 1.54) is 0 Å². The average molecular weight is 334 g/mol. The van der Waals surface area contributed by atoms with E-state index in [4.69, 9.17) is 23.8 Å². The summed E-state index contributed by atoms with van der Waals surface area (Å²) in [5.74, 6) is -0.158. The Labute approximate surface area is 139 Å². The number of halogens is 1. The minimum atomic E-state index is -0.158. The molecule has 0 bridgehead atoms. The second-order valence-electron chi connectivity index (χ2n) is 4.74. The van der Waals surface area contributed by atoms with Gasteiger partial charge in [-0.3, -0.25) is 15.6 Å². The third-order valence-electron chi connectivity index (χ3n) is 3.03. The van der Waals surface area contributed by atoms with Gasteiger partial charge in [-0.05, 0) is 54.5 Å². The molecule has 0 unspecified atom stereocenters. The van der Waals surface area contributed by atoms with E-state index in [0.29, 0.717) is 16.6 Å². The van der Waals surface area contributed by atoms with Crippen molar-refractivity contribution in [2.45, 2.75) is 13.3 Å². The normalized spacial score (nSPS) is 9.91. The molecule has 4 nitrogen and oxygen atoms in total. The van der Waals surface area contributed by atoms with E-state index in [-0.39, 0.29) is 5.91 Å². The first-order valence-corrected chi connectivity index (χ1v) is 7.49. The predicted molar refractivity (Wildman–Crippen MR) is 93.8 cm³/mol. The molecule has 6 heteroatoms. The number of thiocarbonyl (C=S) groups is 1. The summed E-state index contributed by atoms with van der Waals surface area (Å²) in [4.78, 5) is 11.9. The van der Waals surface area contributed by atoms with E-state index >= 15 is 0 Å². The molecular formula is C16H16ClN3OS. The third kappa shape index (κ3) is 5.02. The van der Waals surface area contributed by atoms with E-state index in [1.54, 1.807) is 24.3 Å². The number of hydrogen-bond donors (Lipinski definition) is 3. The van der Waals surface area contributed by atoms with Crippen molar-refractivity contribution < 1.29 is 4.79 Å². The smallest absolute Gasteiger partial charge is 0.242 e. The summed E-state index contributed by atoms with van der Waals surface area (Å²) in [6.45, 7) is 1.97. The van der Waals surface area contributed by atoms with Crippen LogP contribution in [0.25, 0.3) is 0 Å². The van der Waals surface area contributed by atoms with Crippen LogP contribution >= 0.6 is 23.8 Å². The molecule has 0 fully saturated rings. The van der Waals surface area contributed by atoms with E-state index < -0.39 is 0 Å². The lowest BCUT2D eigenvalue weighted by atomic mass is 10.1. The van der Waals surface area contributed by atoms with Gasteiger partial charge in [-0.1, -0.05) is 35.9 Å². The molecule has 2 rings (SSSR count). The van der Waals surface area contributed by atoms with Crippen LogP contribution in [0.4, 0.5) is 5.69 Å². The second kappa shape index (κ2) is 7.77. The summed E-state index contributed by atoms with van der Waals surface area (Å²) in [5.41, 5.74) is 8.10. The summed E-state index contributed by atoms with van der Waals surface area (Å²) in [5, 5.41) is 3.90. The molecule has 0 aliphatic heterocycles. The monoisotopic (exact) mass is 333 g/mol. The highest BCUT2D eigenvalue weighted by atomic mass is 35.5. The van der Waals surface area contributed by atoms with Crippen LogP contribution in [0.1, 0.15) is 11.1 Å². The van der Waals surface area contributed by atoms with Gasteiger partial charge in [-0.15, -0.1) is 0 Å². The molecule has 114 valence electrons. The molecule has 2 aromatic rings. The lowest BCUT2D eigenvalue weighted by molar-refractivity contribution is -0.121. The molecular weight excluding hydrogens is 318 g/mol. The van der Waals surface area contributed by atoms with Crippen LogP contribution in [0.3, 0.4) is 0 Å². The Morgan fingerprint density at radius 3 is 2.45 bits per heavy atom. The number of rotatable bonds is 3. The molecule has 0 saturated heterocycles. The molecule has 3 N–H and O–H groups in total. The highest BCUT2D eigenvalue weighted by molar-refractivity contribution is 7.80. The van der Waals surface area contributed by atoms with Gasteiger partial charge in [0.1, 0.15) is 0 Å². The Balaban J connectivity index is 1.79. The van der Waals surface area contributed by atoms with Crippen molar-refractivity contribution in [2.75, 3.05) is 5.32 Å².